The van der Waals surface area contributed by atoms with Gasteiger partial charge in [-0.15, -0.1) is 5.10 Å². The minimum atomic E-state index is -0.779. The van der Waals surface area contributed by atoms with Crippen LogP contribution < -0.4 is 5.32 Å². The van der Waals surface area contributed by atoms with E-state index < -0.39 is 5.97 Å². The highest BCUT2D eigenvalue weighted by molar-refractivity contribution is 7.08. The SMILES string of the molecule is CC(C)c1nnsc1C(=O)NC1CCC(C(=O)O)C1. The number of amides is 1. The number of carboxylic acids is 1. The van der Waals surface area contributed by atoms with Crippen molar-refractivity contribution < 1.29 is 14.7 Å². The summed E-state index contributed by atoms with van der Waals surface area (Å²) in [6, 6.07) is -0.0595. The highest BCUT2D eigenvalue weighted by atomic mass is 32.1. The number of rotatable bonds is 4. The average molecular weight is 283 g/mol. The standard InChI is InChI=1S/C12H17N3O3S/c1-6(2)9-10(19-15-14-9)11(16)13-8-4-3-7(5-8)12(17)18/h6-8H,3-5H2,1-2H3,(H,13,16)(H,17,18). The number of nitrogens with zero attached hydrogens (tertiary/aromatic N) is 2. The lowest BCUT2D eigenvalue weighted by Crippen LogP contribution is -2.33. The topological polar surface area (TPSA) is 92.2 Å². The fourth-order valence-electron chi connectivity index (χ4n) is 2.32. The quantitative estimate of drug-likeness (QED) is 0.876. The molecule has 1 fully saturated rings. The summed E-state index contributed by atoms with van der Waals surface area (Å²) in [4.78, 5) is 23.5. The van der Waals surface area contributed by atoms with E-state index in [2.05, 4.69) is 14.9 Å². The third-order valence-electron chi connectivity index (χ3n) is 3.38. The van der Waals surface area contributed by atoms with Gasteiger partial charge in [-0.05, 0) is 36.7 Å². The number of carboxylic acid groups (broad SMARTS) is 1. The van der Waals surface area contributed by atoms with Crippen molar-refractivity contribution in [1.29, 1.82) is 0 Å². The Balaban J connectivity index is 1.98. The summed E-state index contributed by atoms with van der Waals surface area (Å²) in [6.07, 6.45) is 1.84. The van der Waals surface area contributed by atoms with E-state index >= 15 is 0 Å². The van der Waals surface area contributed by atoms with Crippen LogP contribution in [-0.2, 0) is 4.79 Å². The molecule has 1 aromatic heterocycles. The summed E-state index contributed by atoms with van der Waals surface area (Å²) in [5.41, 5.74) is 0.704. The van der Waals surface area contributed by atoms with Gasteiger partial charge in [0.1, 0.15) is 4.88 Å². The predicted molar refractivity (Wildman–Crippen MR) is 70.2 cm³/mol. The van der Waals surface area contributed by atoms with Crippen LogP contribution in [0.5, 0.6) is 0 Å². The van der Waals surface area contributed by atoms with Crippen molar-refractivity contribution in [2.24, 2.45) is 5.92 Å². The zero-order valence-electron chi connectivity index (χ0n) is 10.9. The first kappa shape index (κ1) is 13.9. The Labute approximate surface area is 115 Å². The average Bonchev–Trinajstić information content (AvgIpc) is 2.96. The van der Waals surface area contributed by atoms with Crippen molar-refractivity contribution in [3.63, 3.8) is 0 Å². The van der Waals surface area contributed by atoms with Crippen molar-refractivity contribution in [3.8, 4) is 0 Å². The van der Waals surface area contributed by atoms with Gasteiger partial charge in [0.15, 0.2) is 0 Å². The summed E-state index contributed by atoms with van der Waals surface area (Å²) in [6.45, 7) is 3.92. The molecule has 0 spiro atoms. The molecule has 1 aromatic rings. The minimum absolute atomic E-state index is 0.0595. The van der Waals surface area contributed by atoms with Crippen LogP contribution in [0.3, 0.4) is 0 Å². The molecule has 2 unspecified atom stereocenters. The molecule has 0 aliphatic heterocycles. The summed E-state index contributed by atoms with van der Waals surface area (Å²) < 4.78 is 3.82. The van der Waals surface area contributed by atoms with Crippen molar-refractivity contribution in [1.82, 2.24) is 14.9 Å². The molecule has 2 N–H and O–H groups in total. The van der Waals surface area contributed by atoms with Gasteiger partial charge >= 0.3 is 5.97 Å². The van der Waals surface area contributed by atoms with Gasteiger partial charge in [-0.1, -0.05) is 18.3 Å². The number of hydrogen-bond acceptors (Lipinski definition) is 5. The first-order valence-electron chi connectivity index (χ1n) is 6.35. The molecule has 0 saturated heterocycles. The van der Waals surface area contributed by atoms with Gasteiger partial charge in [0.25, 0.3) is 5.91 Å². The zero-order valence-corrected chi connectivity index (χ0v) is 11.7. The normalized spacial score (nSPS) is 22.7. The molecule has 1 amide bonds. The summed E-state index contributed by atoms with van der Waals surface area (Å²) >= 11 is 1.09. The summed E-state index contributed by atoms with van der Waals surface area (Å²) in [5, 5.41) is 15.8. The molecule has 19 heavy (non-hydrogen) atoms. The lowest BCUT2D eigenvalue weighted by atomic mass is 10.1. The molecule has 0 bridgehead atoms. The number of nitrogens with one attached hydrogen (secondary N) is 1. The van der Waals surface area contributed by atoms with Crippen molar-refractivity contribution in [2.45, 2.75) is 45.1 Å². The van der Waals surface area contributed by atoms with Gasteiger partial charge in [-0.25, -0.2) is 0 Å². The lowest BCUT2D eigenvalue weighted by molar-refractivity contribution is -0.141. The maximum absolute atomic E-state index is 12.1. The van der Waals surface area contributed by atoms with E-state index in [0.29, 0.717) is 29.8 Å². The predicted octanol–water partition coefficient (Wildman–Crippen LogP) is 1.64. The zero-order chi connectivity index (χ0) is 14.0. The molecule has 1 saturated carbocycles. The van der Waals surface area contributed by atoms with E-state index in [1.807, 2.05) is 13.8 Å². The summed E-state index contributed by atoms with van der Waals surface area (Å²) in [5.74, 6) is -1.15. The molecule has 1 aliphatic rings. The van der Waals surface area contributed by atoms with Crippen molar-refractivity contribution >= 4 is 23.4 Å². The van der Waals surface area contributed by atoms with E-state index in [9.17, 15) is 9.59 Å². The first-order chi connectivity index (χ1) is 8.99. The largest absolute Gasteiger partial charge is 0.481 e. The van der Waals surface area contributed by atoms with Crippen LogP contribution in [-0.4, -0.2) is 32.6 Å². The molecule has 1 heterocycles. The molecule has 6 nitrogen and oxygen atoms in total. The Bertz CT molecular complexity index is 486. The third kappa shape index (κ3) is 3.09. The van der Waals surface area contributed by atoms with Crippen LogP contribution >= 0.6 is 11.5 Å². The number of hydrogen-bond donors (Lipinski definition) is 2. The second-order valence-electron chi connectivity index (χ2n) is 5.16. The van der Waals surface area contributed by atoms with Gasteiger partial charge in [0.05, 0.1) is 11.6 Å². The fraction of sp³-hybridized carbons (Fsp3) is 0.667. The molecular weight excluding hydrogens is 266 g/mol. The molecule has 2 atom stereocenters. The van der Waals surface area contributed by atoms with Gasteiger partial charge < -0.3 is 10.4 Å². The number of carbonyl (C=O) groups excluding carboxylic acids is 1. The van der Waals surface area contributed by atoms with Gasteiger partial charge in [-0.2, -0.15) is 0 Å². The highest BCUT2D eigenvalue weighted by Gasteiger charge is 2.31. The second-order valence-corrected chi connectivity index (χ2v) is 5.91. The Morgan fingerprint density at radius 2 is 2.16 bits per heavy atom. The Morgan fingerprint density at radius 3 is 2.74 bits per heavy atom. The Morgan fingerprint density at radius 1 is 1.42 bits per heavy atom. The van der Waals surface area contributed by atoms with Gasteiger partial charge in [0.2, 0.25) is 0 Å². The van der Waals surface area contributed by atoms with E-state index in [1.165, 1.54) is 0 Å². The van der Waals surface area contributed by atoms with Crippen molar-refractivity contribution in [3.05, 3.63) is 10.6 Å². The Hall–Kier alpha value is -1.50. The monoisotopic (exact) mass is 283 g/mol. The van der Waals surface area contributed by atoms with E-state index in [0.717, 1.165) is 11.5 Å². The van der Waals surface area contributed by atoms with Gasteiger partial charge in [-0.3, -0.25) is 9.59 Å². The van der Waals surface area contributed by atoms with Crippen LogP contribution in [0.1, 0.15) is 54.4 Å². The second kappa shape index (κ2) is 5.64. The van der Waals surface area contributed by atoms with Gasteiger partial charge in [0, 0.05) is 6.04 Å². The molecule has 2 rings (SSSR count). The van der Waals surface area contributed by atoms with Crippen LogP contribution in [0.2, 0.25) is 0 Å². The minimum Gasteiger partial charge on any atom is -0.481 e. The third-order valence-corrected chi connectivity index (χ3v) is 4.12. The van der Waals surface area contributed by atoms with E-state index in [1.54, 1.807) is 0 Å². The van der Waals surface area contributed by atoms with Crippen LogP contribution in [0.4, 0.5) is 0 Å². The molecule has 104 valence electrons. The van der Waals surface area contributed by atoms with Crippen LogP contribution in [0.15, 0.2) is 0 Å². The smallest absolute Gasteiger partial charge is 0.306 e. The molecule has 7 heteroatoms. The van der Waals surface area contributed by atoms with Crippen LogP contribution in [0.25, 0.3) is 0 Å². The highest BCUT2D eigenvalue weighted by Crippen LogP contribution is 2.26. The fourth-order valence-corrected chi connectivity index (χ4v) is 3.04. The number of carbonyl (C=O) groups is 2. The van der Waals surface area contributed by atoms with Crippen LogP contribution in [0, 0.1) is 5.92 Å². The van der Waals surface area contributed by atoms with E-state index in [4.69, 9.17) is 5.11 Å². The molecule has 0 radical (unpaired) electrons. The van der Waals surface area contributed by atoms with Crippen molar-refractivity contribution in [2.75, 3.05) is 0 Å². The Kier molecular flexibility index (Phi) is 4.14. The number of aliphatic carboxylic acids is 1. The van der Waals surface area contributed by atoms with E-state index in [-0.39, 0.29) is 23.8 Å². The maximum atomic E-state index is 12.1. The number of aromatic nitrogens is 2. The maximum Gasteiger partial charge on any atom is 0.306 e. The molecule has 0 aromatic carbocycles. The molecule has 1 aliphatic carbocycles. The summed E-state index contributed by atoms with van der Waals surface area (Å²) in [7, 11) is 0. The first-order valence-corrected chi connectivity index (χ1v) is 7.12. The lowest BCUT2D eigenvalue weighted by Gasteiger charge is -2.12. The molecular formula is C12H17N3O3S.